The zero-order chi connectivity index (χ0) is 14.8. The minimum atomic E-state index is -0.251. The maximum Gasteiger partial charge on any atom is 0.252 e. The Balaban J connectivity index is 1.84. The van der Waals surface area contributed by atoms with E-state index in [2.05, 4.69) is 15.4 Å². The molecule has 2 heterocycles. The van der Waals surface area contributed by atoms with Gasteiger partial charge in [-0.25, -0.2) is 0 Å². The van der Waals surface area contributed by atoms with Crippen LogP contribution in [0.15, 0.2) is 47.4 Å². The maximum absolute atomic E-state index is 12.0. The van der Waals surface area contributed by atoms with E-state index in [1.54, 1.807) is 30.1 Å². The van der Waals surface area contributed by atoms with Gasteiger partial charge in [-0.2, -0.15) is 5.10 Å². The smallest absolute Gasteiger partial charge is 0.252 e. The Kier molecular flexibility index (Phi) is 3.27. The summed E-state index contributed by atoms with van der Waals surface area (Å²) in [6.45, 7) is 0. The topological polar surface area (TPSA) is 79.8 Å². The Morgan fingerprint density at radius 1 is 1.33 bits per heavy atom. The van der Waals surface area contributed by atoms with Crippen LogP contribution in [0.1, 0.15) is 5.56 Å². The molecular formula is C15H14N4O2. The normalized spacial score (nSPS) is 10.7. The first-order valence-corrected chi connectivity index (χ1v) is 6.52. The molecule has 0 radical (unpaired) electrons. The van der Waals surface area contributed by atoms with Crippen LogP contribution < -0.4 is 10.9 Å². The lowest BCUT2D eigenvalue weighted by Crippen LogP contribution is -2.22. The number of anilines is 1. The lowest BCUT2D eigenvalue weighted by Gasteiger charge is -2.06. The highest BCUT2D eigenvalue weighted by atomic mass is 16.2. The Labute approximate surface area is 120 Å². The van der Waals surface area contributed by atoms with Crippen LogP contribution in [-0.2, 0) is 18.3 Å². The standard InChI is InChI=1S/C15H14N4O2/c1-19-13(6-7-16-19)18-14(20)9-11-8-10-4-2-3-5-12(10)17-15(11)21/h2-8H,9H2,1H3,(H,17,21)(H,18,20). The summed E-state index contributed by atoms with van der Waals surface area (Å²) in [7, 11) is 1.73. The van der Waals surface area contributed by atoms with E-state index in [0.717, 1.165) is 10.9 Å². The van der Waals surface area contributed by atoms with Crippen LogP contribution in [0.25, 0.3) is 10.9 Å². The molecule has 0 aliphatic carbocycles. The van der Waals surface area contributed by atoms with Gasteiger partial charge in [-0.3, -0.25) is 14.3 Å². The van der Waals surface area contributed by atoms with Crippen molar-refractivity contribution in [2.24, 2.45) is 7.05 Å². The summed E-state index contributed by atoms with van der Waals surface area (Å²) in [5.41, 5.74) is 0.959. The molecule has 0 saturated heterocycles. The number of para-hydroxylation sites is 1. The highest BCUT2D eigenvalue weighted by Gasteiger charge is 2.10. The zero-order valence-electron chi connectivity index (χ0n) is 11.5. The number of hydrogen-bond acceptors (Lipinski definition) is 3. The summed E-state index contributed by atoms with van der Waals surface area (Å²) in [5.74, 6) is 0.344. The van der Waals surface area contributed by atoms with Gasteiger partial charge in [-0.05, 0) is 17.5 Å². The maximum atomic E-state index is 12.0. The van der Waals surface area contributed by atoms with Gasteiger partial charge < -0.3 is 10.3 Å². The minimum Gasteiger partial charge on any atom is -0.322 e. The van der Waals surface area contributed by atoms with E-state index in [0.29, 0.717) is 11.4 Å². The van der Waals surface area contributed by atoms with Gasteiger partial charge in [0.25, 0.3) is 5.56 Å². The van der Waals surface area contributed by atoms with E-state index in [1.165, 1.54) is 0 Å². The Morgan fingerprint density at radius 3 is 2.90 bits per heavy atom. The van der Waals surface area contributed by atoms with Crippen molar-refractivity contribution in [3.05, 3.63) is 58.5 Å². The highest BCUT2D eigenvalue weighted by Crippen LogP contribution is 2.11. The molecule has 0 fully saturated rings. The lowest BCUT2D eigenvalue weighted by atomic mass is 10.1. The largest absolute Gasteiger partial charge is 0.322 e. The van der Waals surface area contributed by atoms with Crippen molar-refractivity contribution in [3.63, 3.8) is 0 Å². The molecule has 1 amide bonds. The number of nitrogens with one attached hydrogen (secondary N) is 2. The van der Waals surface area contributed by atoms with E-state index < -0.39 is 0 Å². The molecule has 2 N–H and O–H groups in total. The van der Waals surface area contributed by atoms with Crippen molar-refractivity contribution in [1.29, 1.82) is 0 Å². The van der Waals surface area contributed by atoms with E-state index in [1.807, 2.05) is 24.3 Å². The third kappa shape index (κ3) is 2.69. The number of aromatic amines is 1. The zero-order valence-corrected chi connectivity index (χ0v) is 11.5. The molecule has 0 spiro atoms. The van der Waals surface area contributed by atoms with Crippen LogP contribution in [0.5, 0.6) is 0 Å². The van der Waals surface area contributed by atoms with Gasteiger partial charge >= 0.3 is 0 Å². The van der Waals surface area contributed by atoms with E-state index in [-0.39, 0.29) is 17.9 Å². The average Bonchev–Trinajstić information content (AvgIpc) is 2.85. The van der Waals surface area contributed by atoms with Crippen molar-refractivity contribution in [2.75, 3.05) is 5.32 Å². The molecule has 2 aromatic heterocycles. The third-order valence-corrected chi connectivity index (χ3v) is 3.27. The number of benzene rings is 1. The summed E-state index contributed by atoms with van der Waals surface area (Å²) in [4.78, 5) is 26.8. The van der Waals surface area contributed by atoms with E-state index >= 15 is 0 Å². The van der Waals surface area contributed by atoms with Gasteiger partial charge in [0.05, 0.1) is 12.6 Å². The fourth-order valence-corrected chi connectivity index (χ4v) is 2.18. The molecule has 3 rings (SSSR count). The van der Waals surface area contributed by atoms with E-state index in [4.69, 9.17) is 0 Å². The summed E-state index contributed by atoms with van der Waals surface area (Å²) < 4.78 is 1.56. The van der Waals surface area contributed by atoms with Crippen LogP contribution in [0.4, 0.5) is 5.82 Å². The van der Waals surface area contributed by atoms with Crippen LogP contribution in [0.3, 0.4) is 0 Å². The third-order valence-electron chi connectivity index (χ3n) is 3.27. The average molecular weight is 282 g/mol. The summed E-state index contributed by atoms with van der Waals surface area (Å²) in [6, 6.07) is 10.9. The minimum absolute atomic E-state index is 0.0192. The van der Waals surface area contributed by atoms with Crippen molar-refractivity contribution < 1.29 is 4.79 Å². The van der Waals surface area contributed by atoms with Crippen molar-refractivity contribution >= 4 is 22.6 Å². The lowest BCUT2D eigenvalue weighted by molar-refractivity contribution is -0.115. The first-order chi connectivity index (χ1) is 10.1. The van der Waals surface area contributed by atoms with Gasteiger partial charge in [0.1, 0.15) is 5.82 Å². The van der Waals surface area contributed by atoms with Gasteiger partial charge in [0.15, 0.2) is 0 Å². The SMILES string of the molecule is Cn1nccc1NC(=O)Cc1cc2ccccc2[nH]c1=O. The molecule has 0 aliphatic rings. The van der Waals surface area contributed by atoms with Gasteiger partial charge in [-0.15, -0.1) is 0 Å². The molecule has 106 valence electrons. The number of nitrogens with zero attached hydrogens (tertiary/aromatic N) is 2. The molecule has 1 aromatic carbocycles. The number of H-pyrrole nitrogens is 1. The van der Waals surface area contributed by atoms with Crippen LogP contribution in [0.2, 0.25) is 0 Å². The number of aryl methyl sites for hydroxylation is 1. The molecule has 21 heavy (non-hydrogen) atoms. The molecule has 0 aliphatic heterocycles. The quantitative estimate of drug-likeness (QED) is 0.763. The molecule has 0 unspecified atom stereocenters. The molecule has 0 saturated carbocycles. The van der Waals surface area contributed by atoms with Crippen molar-refractivity contribution in [2.45, 2.75) is 6.42 Å². The Morgan fingerprint density at radius 2 is 2.14 bits per heavy atom. The first-order valence-electron chi connectivity index (χ1n) is 6.52. The van der Waals surface area contributed by atoms with Gasteiger partial charge in [0.2, 0.25) is 5.91 Å². The molecular weight excluding hydrogens is 268 g/mol. The molecule has 0 atom stereocenters. The number of hydrogen-bond donors (Lipinski definition) is 2. The fraction of sp³-hybridized carbons (Fsp3) is 0.133. The number of pyridine rings is 1. The predicted octanol–water partition coefficient (Wildman–Crippen LogP) is 1.44. The molecule has 6 nitrogen and oxygen atoms in total. The van der Waals surface area contributed by atoms with Gasteiger partial charge in [-0.1, -0.05) is 18.2 Å². The van der Waals surface area contributed by atoms with Crippen molar-refractivity contribution in [1.82, 2.24) is 14.8 Å². The fourth-order valence-electron chi connectivity index (χ4n) is 2.18. The van der Waals surface area contributed by atoms with Gasteiger partial charge in [0, 0.05) is 24.2 Å². The number of aromatic nitrogens is 3. The van der Waals surface area contributed by atoms with Crippen molar-refractivity contribution in [3.8, 4) is 0 Å². The summed E-state index contributed by atoms with van der Waals surface area (Å²) in [5, 5.41) is 7.60. The number of amides is 1. The Hall–Kier alpha value is -2.89. The second-order valence-corrected chi connectivity index (χ2v) is 4.78. The number of carbonyl (C=O) groups is 1. The second kappa shape index (κ2) is 5.24. The monoisotopic (exact) mass is 282 g/mol. The Bertz CT molecular complexity index is 863. The molecule has 3 aromatic rings. The first kappa shape index (κ1) is 13.1. The van der Waals surface area contributed by atoms with Crippen LogP contribution >= 0.6 is 0 Å². The molecule has 0 bridgehead atoms. The number of carbonyl (C=O) groups excluding carboxylic acids is 1. The highest BCUT2D eigenvalue weighted by molar-refractivity contribution is 5.92. The van der Waals surface area contributed by atoms with Crippen LogP contribution in [0, 0.1) is 0 Å². The molecule has 6 heteroatoms. The van der Waals surface area contributed by atoms with Crippen LogP contribution in [-0.4, -0.2) is 20.7 Å². The predicted molar refractivity (Wildman–Crippen MR) is 80.1 cm³/mol. The second-order valence-electron chi connectivity index (χ2n) is 4.78. The number of rotatable bonds is 3. The van der Waals surface area contributed by atoms with E-state index in [9.17, 15) is 9.59 Å². The summed E-state index contributed by atoms with van der Waals surface area (Å²) in [6.07, 6.45) is 1.61. The number of fused-ring (bicyclic) bond motifs is 1. The summed E-state index contributed by atoms with van der Waals surface area (Å²) >= 11 is 0.